The number of rotatable bonds is 5. The van der Waals surface area contributed by atoms with Gasteiger partial charge >= 0.3 is 6.03 Å². The van der Waals surface area contributed by atoms with E-state index in [1.165, 1.54) is 48.0 Å². The highest BCUT2D eigenvalue weighted by atomic mass is 32.2. The summed E-state index contributed by atoms with van der Waals surface area (Å²) >= 11 is 1.47. The summed E-state index contributed by atoms with van der Waals surface area (Å²) in [6.45, 7) is 7.50. The van der Waals surface area contributed by atoms with Gasteiger partial charge in [-0.05, 0) is 57.8 Å². The quantitative estimate of drug-likeness (QED) is 0.802. The normalized spacial score (nSPS) is 28.7. The summed E-state index contributed by atoms with van der Waals surface area (Å²) < 4.78 is 2.35. The van der Waals surface area contributed by atoms with Crippen LogP contribution in [0.15, 0.2) is 5.16 Å². The molecule has 2 bridgehead atoms. The van der Waals surface area contributed by atoms with Crippen molar-refractivity contribution in [2.45, 2.75) is 57.7 Å². The highest BCUT2D eigenvalue weighted by Gasteiger charge is 2.43. The Bertz CT molecular complexity index is 731. The molecule has 1 saturated heterocycles. The van der Waals surface area contributed by atoms with Crippen molar-refractivity contribution in [1.29, 1.82) is 0 Å². The van der Waals surface area contributed by atoms with E-state index in [2.05, 4.69) is 23.7 Å². The van der Waals surface area contributed by atoms with Gasteiger partial charge in [-0.25, -0.2) is 9.78 Å². The molecule has 1 aromatic heterocycles. The number of urea groups is 1. The summed E-state index contributed by atoms with van der Waals surface area (Å²) in [7, 11) is 0. The zero-order valence-electron chi connectivity index (χ0n) is 15.8. The fraction of sp³-hybridized carbons (Fsp3) is 0.737. The van der Waals surface area contributed by atoms with E-state index in [1.807, 2.05) is 6.92 Å². The molecule has 2 aliphatic carbocycles. The minimum Gasteiger partial charge on any atom is -0.336 e. The molecule has 3 aliphatic rings. The number of nitrogens with one attached hydrogen (secondary N) is 1. The first-order valence-electron chi connectivity index (χ1n) is 9.72. The number of thioether (sulfide) groups is 1. The Balaban J connectivity index is 1.49. The van der Waals surface area contributed by atoms with Crippen molar-refractivity contribution in [2.24, 2.45) is 17.8 Å². The summed E-state index contributed by atoms with van der Waals surface area (Å²) in [5.74, 6) is 2.61. The maximum absolute atomic E-state index is 12.4. The first-order chi connectivity index (χ1) is 12.5. The van der Waals surface area contributed by atoms with Crippen LogP contribution in [0, 0.1) is 31.6 Å². The fourth-order valence-corrected chi connectivity index (χ4v) is 6.22. The molecule has 4 rings (SSSR count). The number of imide groups is 1. The summed E-state index contributed by atoms with van der Waals surface area (Å²) in [5, 5.41) is 3.60. The molecule has 2 saturated carbocycles. The highest BCUT2D eigenvalue weighted by molar-refractivity contribution is 7.99. The Morgan fingerprint density at radius 3 is 2.77 bits per heavy atom. The zero-order chi connectivity index (χ0) is 18.4. The van der Waals surface area contributed by atoms with Crippen molar-refractivity contribution in [3.8, 4) is 0 Å². The van der Waals surface area contributed by atoms with E-state index in [0.29, 0.717) is 19.1 Å². The molecule has 1 N–H and O–H groups in total. The number of aromatic nitrogens is 2. The van der Waals surface area contributed by atoms with Crippen molar-refractivity contribution in [1.82, 2.24) is 19.8 Å². The van der Waals surface area contributed by atoms with Gasteiger partial charge in [0.05, 0.1) is 11.4 Å². The Kier molecular flexibility index (Phi) is 4.75. The van der Waals surface area contributed by atoms with E-state index in [4.69, 9.17) is 4.98 Å². The smallest absolute Gasteiger partial charge is 0.324 e. The standard InChI is InChI=1S/C19H28N4O2S/c1-11-12(2)23(13(3)16-9-14-4-5-15(16)8-14)19(21-11)26-10-17(24)22-7-6-20-18(22)25/h13-16H,4-10H2,1-3H3,(H,20,25). The Morgan fingerprint density at radius 2 is 2.15 bits per heavy atom. The number of imidazole rings is 1. The van der Waals surface area contributed by atoms with Crippen molar-refractivity contribution < 1.29 is 9.59 Å². The van der Waals surface area contributed by atoms with Crippen LogP contribution >= 0.6 is 11.8 Å². The van der Waals surface area contributed by atoms with Crippen LogP contribution in [-0.2, 0) is 4.79 Å². The van der Waals surface area contributed by atoms with Gasteiger partial charge in [0, 0.05) is 24.8 Å². The van der Waals surface area contributed by atoms with Gasteiger partial charge in [-0.2, -0.15) is 0 Å². The Morgan fingerprint density at radius 1 is 1.35 bits per heavy atom. The number of amides is 3. The second kappa shape index (κ2) is 6.91. The SMILES string of the molecule is Cc1nc(SCC(=O)N2CCNC2=O)n(C(C)C2CC3CCC2C3)c1C. The van der Waals surface area contributed by atoms with Crippen molar-refractivity contribution in [3.05, 3.63) is 11.4 Å². The molecule has 0 aromatic carbocycles. The first-order valence-corrected chi connectivity index (χ1v) is 10.7. The molecule has 7 heteroatoms. The highest BCUT2D eigenvalue weighted by Crippen LogP contribution is 2.52. The van der Waals surface area contributed by atoms with Crippen LogP contribution in [0.2, 0.25) is 0 Å². The molecular formula is C19H28N4O2S. The average molecular weight is 377 g/mol. The monoisotopic (exact) mass is 376 g/mol. The molecule has 2 heterocycles. The second-order valence-corrected chi connectivity index (χ2v) is 9.02. The van der Waals surface area contributed by atoms with E-state index >= 15 is 0 Å². The number of hydrogen-bond acceptors (Lipinski definition) is 4. The van der Waals surface area contributed by atoms with Crippen LogP contribution in [-0.4, -0.2) is 45.2 Å². The number of nitrogens with zero attached hydrogens (tertiary/aromatic N) is 3. The van der Waals surface area contributed by atoms with E-state index in [0.717, 1.165) is 28.6 Å². The third-order valence-corrected chi connectivity index (χ3v) is 7.59. The van der Waals surface area contributed by atoms with Gasteiger partial charge in [0.1, 0.15) is 0 Å². The van der Waals surface area contributed by atoms with Crippen molar-refractivity contribution in [2.75, 3.05) is 18.8 Å². The maximum Gasteiger partial charge on any atom is 0.324 e. The molecule has 3 amide bonds. The molecule has 0 spiro atoms. The van der Waals surface area contributed by atoms with Gasteiger partial charge in [0.2, 0.25) is 5.91 Å². The number of carbonyl (C=O) groups excluding carboxylic acids is 2. The predicted molar refractivity (Wildman–Crippen MR) is 101 cm³/mol. The summed E-state index contributed by atoms with van der Waals surface area (Å²) in [6, 6.07) is 0.140. The van der Waals surface area contributed by atoms with Crippen LogP contribution < -0.4 is 5.32 Å². The third kappa shape index (κ3) is 3.04. The summed E-state index contributed by atoms with van der Waals surface area (Å²) in [4.78, 5) is 30.1. The van der Waals surface area contributed by atoms with Gasteiger partial charge in [-0.15, -0.1) is 0 Å². The minimum atomic E-state index is -0.276. The lowest BCUT2D eigenvalue weighted by molar-refractivity contribution is -0.124. The van der Waals surface area contributed by atoms with Gasteiger partial charge < -0.3 is 9.88 Å². The van der Waals surface area contributed by atoms with E-state index in [1.54, 1.807) is 0 Å². The van der Waals surface area contributed by atoms with E-state index < -0.39 is 0 Å². The minimum absolute atomic E-state index is 0.137. The Hall–Kier alpha value is -1.50. The van der Waals surface area contributed by atoms with Crippen LogP contribution in [0.25, 0.3) is 0 Å². The van der Waals surface area contributed by atoms with Crippen LogP contribution in [0.4, 0.5) is 4.79 Å². The molecule has 6 nitrogen and oxygen atoms in total. The lowest BCUT2D eigenvalue weighted by atomic mass is 9.84. The topological polar surface area (TPSA) is 67.2 Å². The number of aryl methyl sites for hydroxylation is 1. The molecule has 0 radical (unpaired) electrons. The van der Waals surface area contributed by atoms with Crippen LogP contribution in [0.5, 0.6) is 0 Å². The largest absolute Gasteiger partial charge is 0.336 e. The predicted octanol–water partition coefficient (Wildman–Crippen LogP) is 3.14. The van der Waals surface area contributed by atoms with Gasteiger partial charge in [0.25, 0.3) is 0 Å². The number of hydrogen-bond donors (Lipinski definition) is 1. The molecule has 4 atom stereocenters. The summed E-state index contributed by atoms with van der Waals surface area (Å²) in [5.41, 5.74) is 2.24. The average Bonchev–Trinajstić information content (AvgIpc) is 3.38. The van der Waals surface area contributed by atoms with Crippen molar-refractivity contribution in [3.63, 3.8) is 0 Å². The summed E-state index contributed by atoms with van der Waals surface area (Å²) in [6.07, 6.45) is 5.51. The molecule has 4 unspecified atom stereocenters. The lowest BCUT2D eigenvalue weighted by Gasteiger charge is -2.30. The fourth-order valence-electron chi connectivity index (χ4n) is 5.17. The maximum atomic E-state index is 12.4. The molecule has 26 heavy (non-hydrogen) atoms. The molecule has 3 fully saturated rings. The van der Waals surface area contributed by atoms with Crippen LogP contribution in [0.3, 0.4) is 0 Å². The van der Waals surface area contributed by atoms with E-state index in [9.17, 15) is 9.59 Å². The van der Waals surface area contributed by atoms with Gasteiger partial charge in [-0.1, -0.05) is 18.2 Å². The van der Waals surface area contributed by atoms with E-state index in [-0.39, 0.29) is 17.7 Å². The zero-order valence-corrected chi connectivity index (χ0v) is 16.6. The Labute approximate surface area is 159 Å². The number of fused-ring (bicyclic) bond motifs is 2. The third-order valence-electron chi connectivity index (χ3n) is 6.66. The molecular weight excluding hydrogens is 348 g/mol. The van der Waals surface area contributed by atoms with Gasteiger partial charge in [0.15, 0.2) is 5.16 Å². The van der Waals surface area contributed by atoms with Crippen molar-refractivity contribution >= 4 is 23.7 Å². The molecule has 1 aliphatic heterocycles. The lowest BCUT2D eigenvalue weighted by Crippen LogP contribution is -2.35. The molecule has 1 aromatic rings. The van der Waals surface area contributed by atoms with Crippen LogP contribution in [0.1, 0.15) is 50.0 Å². The second-order valence-electron chi connectivity index (χ2n) is 8.08. The first kappa shape index (κ1) is 17.9. The van der Waals surface area contributed by atoms with Gasteiger partial charge in [-0.3, -0.25) is 9.69 Å². The number of carbonyl (C=O) groups is 2. The molecule has 142 valence electrons.